The van der Waals surface area contributed by atoms with Crippen molar-refractivity contribution in [1.82, 2.24) is 10.0 Å². The average molecular weight is 441 g/mol. The van der Waals surface area contributed by atoms with Gasteiger partial charge in [-0.25, -0.2) is 5.01 Å². The van der Waals surface area contributed by atoms with Gasteiger partial charge < -0.3 is 10.0 Å². The fourth-order valence-electron chi connectivity index (χ4n) is 4.06. The summed E-state index contributed by atoms with van der Waals surface area (Å²) in [7, 11) is 1.71. The van der Waals surface area contributed by atoms with Crippen LogP contribution in [0.2, 0.25) is 0 Å². The molecule has 0 unspecified atom stereocenters. The highest BCUT2D eigenvalue weighted by Gasteiger charge is 2.27. The Morgan fingerprint density at radius 2 is 1.61 bits per heavy atom. The number of hydrogen-bond acceptors (Lipinski definition) is 5. The van der Waals surface area contributed by atoms with E-state index in [0.717, 1.165) is 11.1 Å². The Balaban J connectivity index is 1.62. The Labute approximate surface area is 192 Å². The predicted octanol–water partition coefficient (Wildman–Crippen LogP) is 3.51. The maximum atomic E-state index is 13.2. The van der Waals surface area contributed by atoms with Gasteiger partial charge in [0, 0.05) is 31.4 Å². The maximum Gasteiger partial charge on any atom is 0.323 e. The van der Waals surface area contributed by atoms with Crippen LogP contribution in [0.1, 0.15) is 16.7 Å². The molecule has 7 nitrogen and oxygen atoms in total. The lowest BCUT2D eigenvalue weighted by Gasteiger charge is -2.31. The number of fused-ring (bicyclic) bond motifs is 1. The molecule has 1 aliphatic rings. The summed E-state index contributed by atoms with van der Waals surface area (Å²) in [6.45, 7) is 0.742. The number of nitrogens with zero attached hydrogens (tertiary/aromatic N) is 4. The summed E-state index contributed by atoms with van der Waals surface area (Å²) in [5.41, 5.74) is 4.92. The first kappa shape index (κ1) is 22.1. The first-order chi connectivity index (χ1) is 16.0. The standard InChI is InChI=1S/C26H24N4O3/c1-28(30-15-21-9-5-6-10-22(21)16-30)25(31)17-29(18-26(32)33)24-13-19(14-27)11-12-23(24)20-7-3-2-4-8-20/h2-13H,15-18H2,1H3,(H,32,33). The van der Waals surface area contributed by atoms with E-state index in [0.29, 0.717) is 24.3 Å². The van der Waals surface area contributed by atoms with E-state index in [4.69, 9.17) is 0 Å². The molecule has 1 N–H and O–H groups in total. The van der Waals surface area contributed by atoms with Gasteiger partial charge in [-0.3, -0.25) is 14.6 Å². The zero-order valence-corrected chi connectivity index (χ0v) is 18.3. The molecule has 0 spiro atoms. The molecule has 1 amide bonds. The van der Waals surface area contributed by atoms with Gasteiger partial charge in [-0.05, 0) is 28.8 Å². The molecule has 3 aromatic carbocycles. The van der Waals surface area contributed by atoms with Crippen molar-refractivity contribution < 1.29 is 14.7 Å². The molecular weight excluding hydrogens is 416 g/mol. The van der Waals surface area contributed by atoms with Crippen LogP contribution in [0.5, 0.6) is 0 Å². The number of benzene rings is 3. The highest BCUT2D eigenvalue weighted by atomic mass is 16.4. The Hall–Kier alpha value is -4.15. The molecule has 0 radical (unpaired) electrons. The number of nitriles is 1. The van der Waals surface area contributed by atoms with Gasteiger partial charge in [-0.15, -0.1) is 0 Å². The van der Waals surface area contributed by atoms with Crippen LogP contribution in [0.25, 0.3) is 11.1 Å². The normalized spacial score (nSPS) is 12.6. The summed E-state index contributed by atoms with van der Waals surface area (Å²) in [5, 5.41) is 22.5. The van der Waals surface area contributed by atoms with E-state index in [1.54, 1.807) is 30.3 Å². The first-order valence-electron chi connectivity index (χ1n) is 10.6. The summed E-state index contributed by atoms with van der Waals surface area (Å²) in [6.07, 6.45) is 0. The quantitative estimate of drug-likeness (QED) is 0.605. The Morgan fingerprint density at radius 1 is 0.970 bits per heavy atom. The van der Waals surface area contributed by atoms with Gasteiger partial charge in [0.25, 0.3) is 5.91 Å². The highest BCUT2D eigenvalue weighted by Crippen LogP contribution is 2.32. The number of anilines is 1. The van der Waals surface area contributed by atoms with Crippen molar-refractivity contribution in [3.63, 3.8) is 0 Å². The number of carbonyl (C=O) groups is 2. The fraction of sp³-hybridized carbons (Fsp3) is 0.192. The SMILES string of the molecule is CN(C(=O)CN(CC(=O)O)c1cc(C#N)ccc1-c1ccccc1)N1Cc2ccccc2C1. The van der Waals surface area contributed by atoms with E-state index in [1.807, 2.05) is 59.6 Å². The summed E-state index contributed by atoms with van der Waals surface area (Å²) in [6, 6.07) is 24.8. The molecule has 0 aromatic heterocycles. The number of amides is 1. The highest BCUT2D eigenvalue weighted by molar-refractivity contribution is 5.88. The minimum Gasteiger partial charge on any atom is -0.480 e. The number of aliphatic carboxylic acids is 1. The molecule has 1 heterocycles. The van der Waals surface area contributed by atoms with Crippen molar-refractivity contribution in [3.8, 4) is 17.2 Å². The summed E-state index contributed by atoms with van der Waals surface area (Å²) in [4.78, 5) is 26.5. The third-order valence-corrected chi connectivity index (χ3v) is 5.81. The van der Waals surface area contributed by atoms with Crippen molar-refractivity contribution in [1.29, 1.82) is 5.26 Å². The number of hydrogen-bond donors (Lipinski definition) is 1. The summed E-state index contributed by atoms with van der Waals surface area (Å²) in [5.74, 6) is -1.29. The first-order valence-corrected chi connectivity index (χ1v) is 10.6. The molecule has 33 heavy (non-hydrogen) atoms. The van der Waals surface area contributed by atoms with Crippen LogP contribution in [0.3, 0.4) is 0 Å². The number of carbonyl (C=O) groups excluding carboxylic acids is 1. The van der Waals surface area contributed by atoms with E-state index in [2.05, 4.69) is 6.07 Å². The van der Waals surface area contributed by atoms with Gasteiger partial charge in [0.05, 0.1) is 18.2 Å². The van der Waals surface area contributed by atoms with Crippen molar-refractivity contribution in [2.75, 3.05) is 25.0 Å². The minimum absolute atomic E-state index is 0.135. The lowest BCUT2D eigenvalue weighted by molar-refractivity contribution is -0.145. The lowest BCUT2D eigenvalue weighted by Crippen LogP contribution is -2.46. The topological polar surface area (TPSA) is 87.9 Å². The molecule has 0 bridgehead atoms. The summed E-state index contributed by atoms with van der Waals surface area (Å²) >= 11 is 0. The Morgan fingerprint density at radius 3 is 2.21 bits per heavy atom. The molecule has 1 aliphatic heterocycles. The maximum absolute atomic E-state index is 13.2. The van der Waals surface area contributed by atoms with Gasteiger partial charge >= 0.3 is 5.97 Å². The zero-order chi connectivity index (χ0) is 23.4. The largest absolute Gasteiger partial charge is 0.480 e. The molecule has 166 valence electrons. The van der Waals surface area contributed by atoms with E-state index < -0.39 is 5.97 Å². The van der Waals surface area contributed by atoms with E-state index >= 15 is 0 Å². The van der Waals surface area contributed by atoms with Crippen LogP contribution in [0, 0.1) is 11.3 Å². The number of carboxylic acids is 1. The number of likely N-dealkylation sites (N-methyl/N-ethyl adjacent to an activating group) is 1. The molecule has 0 aliphatic carbocycles. The summed E-state index contributed by atoms with van der Waals surface area (Å²) < 4.78 is 0. The zero-order valence-electron chi connectivity index (χ0n) is 18.3. The third-order valence-electron chi connectivity index (χ3n) is 5.81. The molecule has 0 saturated carbocycles. The van der Waals surface area contributed by atoms with E-state index in [-0.39, 0.29) is 19.0 Å². The molecule has 0 saturated heterocycles. The molecule has 3 aromatic rings. The molecule has 7 heteroatoms. The smallest absolute Gasteiger partial charge is 0.323 e. The fourth-order valence-corrected chi connectivity index (χ4v) is 4.06. The Bertz CT molecular complexity index is 1190. The minimum atomic E-state index is -1.06. The van der Waals surface area contributed by atoms with Crippen molar-refractivity contribution in [2.45, 2.75) is 13.1 Å². The van der Waals surface area contributed by atoms with Gasteiger partial charge in [-0.1, -0.05) is 60.7 Å². The second-order valence-electron chi connectivity index (χ2n) is 7.97. The molecule has 0 fully saturated rings. The van der Waals surface area contributed by atoms with Gasteiger partial charge in [0.2, 0.25) is 0 Å². The van der Waals surface area contributed by atoms with Crippen molar-refractivity contribution in [3.05, 3.63) is 89.5 Å². The van der Waals surface area contributed by atoms with Gasteiger partial charge in [-0.2, -0.15) is 5.26 Å². The number of hydrazine groups is 1. The van der Waals surface area contributed by atoms with E-state index in [1.165, 1.54) is 16.0 Å². The number of rotatable bonds is 7. The molecule has 0 atom stereocenters. The van der Waals surface area contributed by atoms with Crippen molar-refractivity contribution in [2.24, 2.45) is 0 Å². The van der Waals surface area contributed by atoms with Crippen molar-refractivity contribution >= 4 is 17.6 Å². The second-order valence-corrected chi connectivity index (χ2v) is 7.97. The molecular formula is C26H24N4O3. The lowest BCUT2D eigenvalue weighted by atomic mass is 10.0. The third kappa shape index (κ3) is 4.86. The van der Waals surface area contributed by atoms with E-state index in [9.17, 15) is 20.0 Å². The Kier molecular flexibility index (Phi) is 6.38. The van der Waals surface area contributed by atoms with Crippen LogP contribution in [0.15, 0.2) is 72.8 Å². The van der Waals surface area contributed by atoms with Crippen LogP contribution in [0.4, 0.5) is 5.69 Å². The van der Waals surface area contributed by atoms with Crippen LogP contribution in [-0.2, 0) is 22.7 Å². The second kappa shape index (κ2) is 9.55. The average Bonchev–Trinajstić information content (AvgIpc) is 3.27. The monoisotopic (exact) mass is 440 g/mol. The number of carboxylic acid groups (broad SMARTS) is 1. The van der Waals surface area contributed by atoms with Crippen LogP contribution >= 0.6 is 0 Å². The van der Waals surface area contributed by atoms with Crippen LogP contribution < -0.4 is 4.90 Å². The predicted molar refractivity (Wildman–Crippen MR) is 125 cm³/mol. The van der Waals surface area contributed by atoms with Gasteiger partial charge in [0.1, 0.15) is 6.54 Å². The van der Waals surface area contributed by atoms with Gasteiger partial charge in [0.15, 0.2) is 0 Å². The molecule has 4 rings (SSSR count). The van der Waals surface area contributed by atoms with Crippen LogP contribution in [-0.4, -0.2) is 47.1 Å².